The molecule has 0 aliphatic heterocycles. The fourth-order valence-electron chi connectivity index (χ4n) is 1.61. The van der Waals surface area contributed by atoms with Gasteiger partial charge in [0.15, 0.2) is 5.92 Å². The molecular formula is C16H20N2O4. The Morgan fingerprint density at radius 2 is 1.82 bits per heavy atom. The van der Waals surface area contributed by atoms with Crippen molar-refractivity contribution in [2.75, 3.05) is 0 Å². The number of hydrogen-bond donors (Lipinski definition) is 1. The highest BCUT2D eigenvalue weighted by molar-refractivity contribution is 5.86. The van der Waals surface area contributed by atoms with Crippen LogP contribution in [0.5, 0.6) is 0 Å². The second kappa shape index (κ2) is 7.57. The molecule has 0 saturated carbocycles. The van der Waals surface area contributed by atoms with Crippen LogP contribution < -0.4 is 5.73 Å². The summed E-state index contributed by atoms with van der Waals surface area (Å²) < 4.78 is 10.1. The summed E-state index contributed by atoms with van der Waals surface area (Å²) in [4.78, 5) is 23.8. The molecule has 0 radical (unpaired) electrons. The standard InChI is InChI=1S/C16H20N2O4/c1-16(2,3)22-14(19)12(9-17)13(18)15(20)21-10-11-7-5-4-6-8-11/h4-8,12-13H,10,18H2,1-3H3. The molecule has 0 bridgehead atoms. The van der Waals surface area contributed by atoms with Crippen molar-refractivity contribution >= 4 is 11.9 Å². The smallest absolute Gasteiger partial charge is 0.326 e. The van der Waals surface area contributed by atoms with Gasteiger partial charge in [0.05, 0.1) is 6.07 Å². The molecule has 1 aromatic carbocycles. The molecule has 2 atom stereocenters. The minimum absolute atomic E-state index is 0.0276. The Kier molecular flexibility index (Phi) is 6.08. The first kappa shape index (κ1) is 17.7. The number of benzene rings is 1. The largest absolute Gasteiger partial charge is 0.460 e. The van der Waals surface area contributed by atoms with Crippen molar-refractivity contribution in [2.24, 2.45) is 11.7 Å². The van der Waals surface area contributed by atoms with E-state index in [4.69, 9.17) is 20.5 Å². The van der Waals surface area contributed by atoms with Crippen LogP contribution in [0.1, 0.15) is 26.3 Å². The van der Waals surface area contributed by atoms with Gasteiger partial charge in [0, 0.05) is 0 Å². The van der Waals surface area contributed by atoms with E-state index in [1.165, 1.54) is 0 Å². The summed E-state index contributed by atoms with van der Waals surface area (Å²) in [5.74, 6) is -3.05. The fraction of sp³-hybridized carbons (Fsp3) is 0.438. The highest BCUT2D eigenvalue weighted by Gasteiger charge is 2.35. The van der Waals surface area contributed by atoms with Crippen molar-refractivity contribution in [3.8, 4) is 6.07 Å². The van der Waals surface area contributed by atoms with E-state index in [0.29, 0.717) is 0 Å². The lowest BCUT2D eigenvalue weighted by Crippen LogP contribution is -2.44. The zero-order valence-electron chi connectivity index (χ0n) is 12.9. The van der Waals surface area contributed by atoms with E-state index in [9.17, 15) is 9.59 Å². The predicted octanol–water partition coefficient (Wildman–Crippen LogP) is 1.54. The highest BCUT2D eigenvalue weighted by atomic mass is 16.6. The van der Waals surface area contributed by atoms with Crippen LogP contribution in [0.3, 0.4) is 0 Å². The average Bonchev–Trinajstić information content (AvgIpc) is 2.44. The van der Waals surface area contributed by atoms with Crippen LogP contribution in [0.15, 0.2) is 30.3 Å². The van der Waals surface area contributed by atoms with Crippen LogP contribution in [0, 0.1) is 17.2 Å². The number of hydrogen-bond acceptors (Lipinski definition) is 6. The van der Waals surface area contributed by atoms with E-state index in [-0.39, 0.29) is 6.61 Å². The maximum absolute atomic E-state index is 11.9. The first-order valence-corrected chi connectivity index (χ1v) is 6.83. The number of nitrogens with two attached hydrogens (primary N) is 1. The summed E-state index contributed by atoms with van der Waals surface area (Å²) >= 11 is 0. The van der Waals surface area contributed by atoms with E-state index in [1.807, 2.05) is 18.2 Å². The van der Waals surface area contributed by atoms with Crippen LogP contribution in [0.25, 0.3) is 0 Å². The Bertz CT molecular complexity index is 558. The molecule has 2 N–H and O–H groups in total. The van der Waals surface area contributed by atoms with Gasteiger partial charge >= 0.3 is 11.9 Å². The third-order valence-corrected chi connectivity index (χ3v) is 2.65. The predicted molar refractivity (Wildman–Crippen MR) is 79.2 cm³/mol. The number of nitriles is 1. The minimum atomic E-state index is -1.40. The molecular weight excluding hydrogens is 284 g/mol. The van der Waals surface area contributed by atoms with Crippen molar-refractivity contribution in [1.82, 2.24) is 0 Å². The Labute approximate surface area is 129 Å². The van der Waals surface area contributed by atoms with Crippen molar-refractivity contribution in [3.63, 3.8) is 0 Å². The van der Waals surface area contributed by atoms with Gasteiger partial charge in [-0.2, -0.15) is 5.26 Å². The molecule has 0 heterocycles. The van der Waals surface area contributed by atoms with E-state index in [1.54, 1.807) is 39.0 Å². The Balaban J connectivity index is 2.63. The van der Waals surface area contributed by atoms with Crippen LogP contribution in [0.4, 0.5) is 0 Å². The molecule has 118 valence electrons. The van der Waals surface area contributed by atoms with Gasteiger partial charge in [0.2, 0.25) is 0 Å². The van der Waals surface area contributed by atoms with Crippen molar-refractivity contribution in [1.29, 1.82) is 5.26 Å². The van der Waals surface area contributed by atoms with Gasteiger partial charge in [-0.15, -0.1) is 0 Å². The lowest BCUT2D eigenvalue weighted by Gasteiger charge is -2.23. The molecule has 0 amide bonds. The third kappa shape index (κ3) is 5.54. The van der Waals surface area contributed by atoms with E-state index in [0.717, 1.165) is 5.56 Å². The van der Waals surface area contributed by atoms with Crippen molar-refractivity contribution < 1.29 is 19.1 Å². The maximum atomic E-state index is 11.9. The summed E-state index contributed by atoms with van der Waals surface area (Å²) in [6.07, 6.45) is 0. The van der Waals surface area contributed by atoms with Gasteiger partial charge in [0.1, 0.15) is 18.2 Å². The molecule has 6 heteroatoms. The Morgan fingerprint density at radius 1 is 1.23 bits per heavy atom. The quantitative estimate of drug-likeness (QED) is 0.828. The van der Waals surface area contributed by atoms with Gasteiger partial charge in [-0.1, -0.05) is 30.3 Å². The summed E-state index contributed by atoms with van der Waals surface area (Å²) in [7, 11) is 0. The van der Waals surface area contributed by atoms with Gasteiger partial charge < -0.3 is 15.2 Å². The monoisotopic (exact) mass is 304 g/mol. The molecule has 0 aliphatic rings. The van der Waals surface area contributed by atoms with Crippen LogP contribution in [-0.4, -0.2) is 23.6 Å². The molecule has 0 spiro atoms. The molecule has 22 heavy (non-hydrogen) atoms. The first-order chi connectivity index (χ1) is 10.2. The average molecular weight is 304 g/mol. The topological polar surface area (TPSA) is 102 Å². The van der Waals surface area contributed by atoms with Gasteiger partial charge in [0.25, 0.3) is 0 Å². The second-order valence-corrected chi connectivity index (χ2v) is 5.76. The molecule has 0 fully saturated rings. The molecule has 0 aliphatic carbocycles. The van der Waals surface area contributed by atoms with Crippen molar-refractivity contribution in [2.45, 2.75) is 39.0 Å². The second-order valence-electron chi connectivity index (χ2n) is 5.76. The van der Waals surface area contributed by atoms with Crippen LogP contribution in [0.2, 0.25) is 0 Å². The van der Waals surface area contributed by atoms with E-state index >= 15 is 0 Å². The molecule has 0 aromatic heterocycles. The normalized spacial score (nSPS) is 13.6. The minimum Gasteiger partial charge on any atom is -0.460 e. The SMILES string of the molecule is CC(C)(C)OC(=O)C(C#N)C(N)C(=O)OCc1ccccc1. The molecule has 0 saturated heterocycles. The summed E-state index contributed by atoms with van der Waals surface area (Å²) in [6, 6.07) is 9.34. The van der Waals surface area contributed by atoms with Gasteiger partial charge in [-0.25, -0.2) is 0 Å². The van der Waals surface area contributed by atoms with Gasteiger partial charge in [-0.05, 0) is 26.3 Å². The lowest BCUT2D eigenvalue weighted by molar-refractivity contribution is -0.163. The summed E-state index contributed by atoms with van der Waals surface area (Å²) in [6.45, 7) is 5.02. The summed E-state index contributed by atoms with van der Waals surface area (Å²) in [5, 5.41) is 9.06. The number of nitrogens with zero attached hydrogens (tertiary/aromatic N) is 1. The molecule has 2 unspecified atom stereocenters. The van der Waals surface area contributed by atoms with Crippen LogP contribution >= 0.6 is 0 Å². The zero-order valence-corrected chi connectivity index (χ0v) is 12.9. The zero-order chi connectivity index (χ0) is 16.8. The highest BCUT2D eigenvalue weighted by Crippen LogP contribution is 2.14. The fourth-order valence-corrected chi connectivity index (χ4v) is 1.61. The van der Waals surface area contributed by atoms with Crippen LogP contribution in [-0.2, 0) is 25.7 Å². The summed E-state index contributed by atoms with van der Waals surface area (Å²) in [5.41, 5.74) is 5.68. The lowest BCUT2D eigenvalue weighted by atomic mass is 10.0. The Morgan fingerprint density at radius 3 is 2.32 bits per heavy atom. The number of ether oxygens (including phenoxy) is 2. The number of carbonyl (C=O) groups is 2. The third-order valence-electron chi connectivity index (χ3n) is 2.65. The molecule has 1 rings (SSSR count). The maximum Gasteiger partial charge on any atom is 0.326 e. The van der Waals surface area contributed by atoms with Crippen molar-refractivity contribution in [3.05, 3.63) is 35.9 Å². The van der Waals surface area contributed by atoms with E-state index in [2.05, 4.69) is 0 Å². The Hall–Kier alpha value is -2.39. The number of carbonyl (C=O) groups excluding carboxylic acids is 2. The first-order valence-electron chi connectivity index (χ1n) is 6.83. The van der Waals surface area contributed by atoms with E-state index < -0.39 is 29.5 Å². The number of rotatable bonds is 5. The molecule has 1 aromatic rings. The molecule has 6 nitrogen and oxygen atoms in total. The van der Waals surface area contributed by atoms with Gasteiger partial charge in [-0.3, -0.25) is 9.59 Å². The number of esters is 2.